The van der Waals surface area contributed by atoms with Crippen molar-refractivity contribution in [2.75, 3.05) is 13.2 Å². The Morgan fingerprint density at radius 3 is 2.75 bits per heavy atom. The lowest BCUT2D eigenvalue weighted by atomic mass is 10.1. The van der Waals surface area contributed by atoms with E-state index in [4.69, 9.17) is 16.3 Å². The molecule has 2 aromatic carbocycles. The van der Waals surface area contributed by atoms with Gasteiger partial charge in [0.25, 0.3) is 11.6 Å². The normalized spacial score (nSPS) is 10.3. The smallest absolute Gasteiger partial charge is 0.288 e. The Labute approximate surface area is 144 Å². The summed E-state index contributed by atoms with van der Waals surface area (Å²) in [6.45, 7) is 4.54. The van der Waals surface area contributed by atoms with Crippen molar-refractivity contribution in [1.29, 1.82) is 0 Å². The molecular formula is C17H17ClN2O4. The molecule has 1 amide bonds. The van der Waals surface area contributed by atoms with Crippen LogP contribution < -0.4 is 10.1 Å². The first-order chi connectivity index (χ1) is 11.4. The third-order valence-corrected chi connectivity index (χ3v) is 3.92. The summed E-state index contributed by atoms with van der Waals surface area (Å²) in [6, 6.07) is 9.70. The summed E-state index contributed by atoms with van der Waals surface area (Å²) in [7, 11) is 0. The highest BCUT2D eigenvalue weighted by Gasteiger charge is 2.16. The van der Waals surface area contributed by atoms with Crippen LogP contribution in [0.1, 0.15) is 21.5 Å². The van der Waals surface area contributed by atoms with E-state index < -0.39 is 10.8 Å². The Morgan fingerprint density at radius 2 is 2.04 bits per heavy atom. The molecule has 0 heterocycles. The zero-order valence-corrected chi connectivity index (χ0v) is 14.1. The molecule has 0 fully saturated rings. The molecule has 2 rings (SSSR count). The number of nitro groups is 1. The van der Waals surface area contributed by atoms with Gasteiger partial charge in [-0.25, -0.2) is 0 Å². The SMILES string of the molecule is Cc1cccc(OCCNC(=O)c2ccc(Cl)c([N+](=O)[O-])c2)c1C. The van der Waals surface area contributed by atoms with Gasteiger partial charge in [-0.15, -0.1) is 0 Å². The number of carbonyl (C=O) groups excluding carboxylic acids is 1. The Bertz CT molecular complexity index is 777. The van der Waals surface area contributed by atoms with E-state index in [1.807, 2.05) is 32.0 Å². The lowest BCUT2D eigenvalue weighted by Gasteiger charge is -2.11. The molecule has 0 spiro atoms. The minimum atomic E-state index is -0.622. The number of carbonyl (C=O) groups is 1. The van der Waals surface area contributed by atoms with E-state index in [1.54, 1.807) is 0 Å². The zero-order chi connectivity index (χ0) is 17.7. The number of hydrogen-bond donors (Lipinski definition) is 1. The number of nitrogens with zero attached hydrogens (tertiary/aromatic N) is 1. The van der Waals surface area contributed by atoms with Crippen LogP contribution in [-0.4, -0.2) is 24.0 Å². The molecule has 0 unspecified atom stereocenters. The molecule has 0 aliphatic carbocycles. The molecule has 7 heteroatoms. The van der Waals surface area contributed by atoms with Gasteiger partial charge in [-0.2, -0.15) is 0 Å². The number of hydrogen-bond acceptors (Lipinski definition) is 4. The van der Waals surface area contributed by atoms with Crippen LogP contribution in [0.15, 0.2) is 36.4 Å². The van der Waals surface area contributed by atoms with Crippen molar-refractivity contribution < 1.29 is 14.5 Å². The quantitative estimate of drug-likeness (QED) is 0.490. The van der Waals surface area contributed by atoms with Gasteiger partial charge in [-0.3, -0.25) is 14.9 Å². The van der Waals surface area contributed by atoms with Crippen molar-refractivity contribution in [3.63, 3.8) is 0 Å². The van der Waals surface area contributed by atoms with Crippen LogP contribution in [0.2, 0.25) is 5.02 Å². The largest absolute Gasteiger partial charge is 0.491 e. The van der Waals surface area contributed by atoms with Crippen molar-refractivity contribution in [2.24, 2.45) is 0 Å². The number of ether oxygens (including phenoxy) is 1. The lowest BCUT2D eigenvalue weighted by Crippen LogP contribution is -2.28. The minimum Gasteiger partial charge on any atom is -0.491 e. The van der Waals surface area contributed by atoms with Gasteiger partial charge in [0.2, 0.25) is 0 Å². The fraction of sp³-hybridized carbons (Fsp3) is 0.235. The Hall–Kier alpha value is -2.60. The summed E-state index contributed by atoms with van der Waals surface area (Å²) in [5.74, 6) is 0.353. The van der Waals surface area contributed by atoms with Gasteiger partial charge in [0.1, 0.15) is 17.4 Å². The topological polar surface area (TPSA) is 81.5 Å². The predicted molar refractivity (Wildman–Crippen MR) is 91.9 cm³/mol. The highest BCUT2D eigenvalue weighted by molar-refractivity contribution is 6.32. The number of aryl methyl sites for hydroxylation is 1. The fourth-order valence-electron chi connectivity index (χ4n) is 2.10. The van der Waals surface area contributed by atoms with Gasteiger partial charge in [0.05, 0.1) is 11.5 Å². The van der Waals surface area contributed by atoms with Crippen LogP contribution in [0.25, 0.3) is 0 Å². The molecular weight excluding hydrogens is 332 g/mol. The Balaban J connectivity index is 1.91. The van der Waals surface area contributed by atoms with Gasteiger partial charge in [0.15, 0.2) is 0 Å². The molecule has 0 atom stereocenters. The van der Waals surface area contributed by atoms with E-state index >= 15 is 0 Å². The first-order valence-corrected chi connectivity index (χ1v) is 7.69. The number of halogens is 1. The maximum atomic E-state index is 12.0. The summed E-state index contributed by atoms with van der Waals surface area (Å²) < 4.78 is 5.64. The van der Waals surface area contributed by atoms with Crippen LogP contribution in [-0.2, 0) is 0 Å². The third kappa shape index (κ3) is 4.23. The summed E-state index contributed by atoms with van der Waals surface area (Å²) in [6.07, 6.45) is 0. The van der Waals surface area contributed by atoms with E-state index in [2.05, 4.69) is 5.32 Å². The molecule has 0 bridgehead atoms. The van der Waals surface area contributed by atoms with Crippen LogP contribution in [0.4, 0.5) is 5.69 Å². The van der Waals surface area contributed by atoms with Crippen LogP contribution in [0.3, 0.4) is 0 Å². The number of benzene rings is 2. The number of nitro benzene ring substituents is 1. The van der Waals surface area contributed by atoms with Gasteiger partial charge in [0, 0.05) is 11.6 Å². The summed E-state index contributed by atoms with van der Waals surface area (Å²) in [4.78, 5) is 22.3. The van der Waals surface area contributed by atoms with E-state index in [1.165, 1.54) is 12.1 Å². The number of amides is 1. The number of nitrogens with one attached hydrogen (secondary N) is 1. The van der Waals surface area contributed by atoms with Crippen molar-refractivity contribution in [2.45, 2.75) is 13.8 Å². The molecule has 126 valence electrons. The van der Waals surface area contributed by atoms with Crippen LogP contribution in [0.5, 0.6) is 5.75 Å². The molecule has 1 N–H and O–H groups in total. The van der Waals surface area contributed by atoms with E-state index in [0.717, 1.165) is 22.9 Å². The Morgan fingerprint density at radius 1 is 1.29 bits per heavy atom. The van der Waals surface area contributed by atoms with Gasteiger partial charge >= 0.3 is 0 Å². The standard InChI is InChI=1S/C17H17ClN2O4/c1-11-4-3-5-16(12(11)2)24-9-8-19-17(21)13-6-7-14(18)15(10-13)20(22)23/h3-7,10H,8-9H2,1-2H3,(H,19,21). The number of rotatable bonds is 6. The predicted octanol–water partition coefficient (Wildman–Crippen LogP) is 3.67. The molecule has 2 aromatic rings. The summed E-state index contributed by atoms with van der Waals surface area (Å²) in [5, 5.41) is 13.5. The van der Waals surface area contributed by atoms with Crippen LogP contribution in [0, 0.1) is 24.0 Å². The first-order valence-electron chi connectivity index (χ1n) is 7.31. The maximum Gasteiger partial charge on any atom is 0.288 e. The molecule has 24 heavy (non-hydrogen) atoms. The fourth-order valence-corrected chi connectivity index (χ4v) is 2.29. The molecule has 0 saturated carbocycles. The highest BCUT2D eigenvalue weighted by Crippen LogP contribution is 2.25. The van der Waals surface area contributed by atoms with E-state index in [9.17, 15) is 14.9 Å². The second-order valence-corrected chi connectivity index (χ2v) is 5.63. The molecule has 0 radical (unpaired) electrons. The Kier molecular flexibility index (Phi) is 5.76. The minimum absolute atomic E-state index is 0.00481. The summed E-state index contributed by atoms with van der Waals surface area (Å²) >= 11 is 5.72. The first kappa shape index (κ1) is 17.7. The van der Waals surface area contributed by atoms with Gasteiger partial charge in [-0.05, 0) is 43.2 Å². The summed E-state index contributed by atoms with van der Waals surface area (Å²) in [5.41, 5.74) is 2.07. The van der Waals surface area contributed by atoms with Gasteiger partial charge in [-0.1, -0.05) is 23.7 Å². The zero-order valence-electron chi connectivity index (χ0n) is 13.3. The lowest BCUT2D eigenvalue weighted by molar-refractivity contribution is -0.384. The molecule has 6 nitrogen and oxygen atoms in total. The maximum absolute atomic E-state index is 12.0. The third-order valence-electron chi connectivity index (χ3n) is 3.61. The monoisotopic (exact) mass is 348 g/mol. The molecule has 0 aliphatic rings. The van der Waals surface area contributed by atoms with Crippen molar-refractivity contribution in [3.8, 4) is 5.75 Å². The van der Waals surface area contributed by atoms with Gasteiger partial charge < -0.3 is 10.1 Å². The van der Waals surface area contributed by atoms with Crippen molar-refractivity contribution >= 4 is 23.2 Å². The van der Waals surface area contributed by atoms with Crippen molar-refractivity contribution in [3.05, 3.63) is 68.2 Å². The van der Waals surface area contributed by atoms with E-state index in [0.29, 0.717) is 6.61 Å². The second kappa shape index (κ2) is 7.79. The average Bonchev–Trinajstić information content (AvgIpc) is 2.55. The molecule has 0 aromatic heterocycles. The highest BCUT2D eigenvalue weighted by atomic mass is 35.5. The molecule has 0 saturated heterocycles. The van der Waals surface area contributed by atoms with Crippen molar-refractivity contribution in [1.82, 2.24) is 5.32 Å². The second-order valence-electron chi connectivity index (χ2n) is 5.23. The van der Waals surface area contributed by atoms with E-state index in [-0.39, 0.29) is 22.8 Å². The van der Waals surface area contributed by atoms with Crippen LogP contribution >= 0.6 is 11.6 Å². The average molecular weight is 349 g/mol. The molecule has 0 aliphatic heterocycles.